The lowest BCUT2D eigenvalue weighted by molar-refractivity contribution is -0.132. The minimum absolute atomic E-state index is 0.299. The van der Waals surface area contributed by atoms with Crippen molar-refractivity contribution in [3.63, 3.8) is 0 Å². The summed E-state index contributed by atoms with van der Waals surface area (Å²) in [6, 6.07) is 0. The van der Waals surface area contributed by atoms with Gasteiger partial charge in [0.2, 0.25) is 0 Å². The molecule has 0 fully saturated rings. The van der Waals surface area contributed by atoms with Gasteiger partial charge in [-0.3, -0.25) is 4.99 Å². The Balaban J connectivity index is 0.000000243. The Bertz CT molecular complexity index is 193. The summed E-state index contributed by atoms with van der Waals surface area (Å²) in [4.78, 5) is 13.7. The van der Waals surface area contributed by atoms with Gasteiger partial charge >= 0.3 is 5.97 Å². The van der Waals surface area contributed by atoms with E-state index in [4.69, 9.17) is 5.11 Å². The summed E-state index contributed by atoms with van der Waals surface area (Å²) in [5.41, 5.74) is 0.299. The highest BCUT2D eigenvalue weighted by Crippen LogP contribution is 1.99. The fraction of sp³-hybridized carbons (Fsp3) is 0.556. The van der Waals surface area contributed by atoms with Crippen LogP contribution in [0.1, 0.15) is 19.8 Å². The molecule has 4 nitrogen and oxygen atoms in total. The Morgan fingerprint density at radius 3 is 2.62 bits per heavy atom. The van der Waals surface area contributed by atoms with Gasteiger partial charge in [-0.1, -0.05) is 19.9 Å². The van der Waals surface area contributed by atoms with Crippen LogP contribution in [0.25, 0.3) is 0 Å². The van der Waals surface area contributed by atoms with Gasteiger partial charge < -0.3 is 9.84 Å². The molecule has 0 aliphatic carbocycles. The summed E-state index contributed by atoms with van der Waals surface area (Å²) in [7, 11) is 0. The van der Waals surface area contributed by atoms with E-state index in [0.29, 0.717) is 12.0 Å². The summed E-state index contributed by atoms with van der Waals surface area (Å²) in [5, 5.41) is 8.21. The number of carboxylic acid groups (broad SMARTS) is 1. The number of rotatable bonds is 3. The molecule has 1 aliphatic heterocycles. The molecule has 0 bridgehead atoms. The van der Waals surface area contributed by atoms with Crippen LogP contribution in [-0.4, -0.2) is 30.6 Å². The van der Waals surface area contributed by atoms with E-state index in [9.17, 15) is 4.79 Å². The van der Waals surface area contributed by atoms with E-state index in [2.05, 4.69) is 16.3 Å². The molecule has 0 unspecified atom stereocenters. The first-order valence-corrected chi connectivity index (χ1v) is 4.19. The molecule has 0 aromatic rings. The molecule has 13 heavy (non-hydrogen) atoms. The number of ether oxygens (including phenoxy) is 1. The van der Waals surface area contributed by atoms with E-state index in [-0.39, 0.29) is 0 Å². The lowest BCUT2D eigenvalue weighted by Crippen LogP contribution is -1.97. The molecule has 0 spiro atoms. The Morgan fingerprint density at radius 1 is 1.77 bits per heavy atom. The Labute approximate surface area is 77.9 Å². The van der Waals surface area contributed by atoms with Crippen molar-refractivity contribution in [1.29, 1.82) is 0 Å². The second-order valence-electron chi connectivity index (χ2n) is 2.54. The first-order valence-electron chi connectivity index (χ1n) is 4.19. The predicted molar refractivity (Wildman–Crippen MR) is 51.0 cm³/mol. The predicted octanol–water partition coefficient (Wildman–Crippen LogP) is 1.47. The van der Waals surface area contributed by atoms with Crippen molar-refractivity contribution in [1.82, 2.24) is 0 Å². The van der Waals surface area contributed by atoms with E-state index < -0.39 is 5.97 Å². The molecule has 1 rings (SSSR count). The zero-order valence-corrected chi connectivity index (χ0v) is 7.82. The largest absolute Gasteiger partial charge is 0.482 e. The third-order valence-corrected chi connectivity index (χ3v) is 1.34. The summed E-state index contributed by atoms with van der Waals surface area (Å²) in [6.45, 7) is 6.89. The summed E-state index contributed by atoms with van der Waals surface area (Å²) >= 11 is 0. The van der Waals surface area contributed by atoms with Crippen LogP contribution in [0.3, 0.4) is 0 Å². The van der Waals surface area contributed by atoms with Crippen molar-refractivity contribution in [3.8, 4) is 0 Å². The maximum Gasteiger partial charge on any atom is 0.330 e. The average molecular weight is 185 g/mol. The van der Waals surface area contributed by atoms with E-state index in [1.807, 2.05) is 6.92 Å². The minimum Gasteiger partial charge on any atom is -0.482 e. The molecule has 0 saturated carbocycles. The molecule has 0 aromatic heterocycles. The zero-order chi connectivity index (χ0) is 10.1. The maximum absolute atomic E-state index is 9.99. The molecule has 0 saturated heterocycles. The van der Waals surface area contributed by atoms with Crippen molar-refractivity contribution in [2.24, 2.45) is 4.99 Å². The maximum atomic E-state index is 9.99. The lowest BCUT2D eigenvalue weighted by atomic mass is 10.2. The average Bonchev–Trinajstić information content (AvgIpc) is 2.61. The van der Waals surface area contributed by atoms with E-state index in [1.54, 1.807) is 0 Å². The van der Waals surface area contributed by atoms with Gasteiger partial charge in [0.1, 0.15) is 6.61 Å². The molecule has 1 aliphatic rings. The standard InChI is InChI=1S/C6H10O2.C3H5NO/c1-3-4-5(2)6(7)8;1-2-5-3-4-1/h2-4H2,1H3,(H,7,8);3H,1-2H2. The molecular formula is C9H15NO3. The highest BCUT2D eigenvalue weighted by Gasteiger charge is 1.99. The first-order chi connectivity index (χ1) is 6.18. The topological polar surface area (TPSA) is 58.9 Å². The van der Waals surface area contributed by atoms with Crippen LogP contribution >= 0.6 is 0 Å². The number of aliphatic imine (C=N–C) groups is 1. The fourth-order valence-electron chi connectivity index (χ4n) is 0.672. The summed E-state index contributed by atoms with van der Waals surface area (Å²) < 4.78 is 4.65. The van der Waals surface area contributed by atoms with Gasteiger partial charge in [-0.2, -0.15) is 0 Å². The molecule has 0 atom stereocenters. The van der Waals surface area contributed by atoms with Crippen LogP contribution in [0.5, 0.6) is 0 Å². The van der Waals surface area contributed by atoms with Gasteiger partial charge in [-0.05, 0) is 6.42 Å². The van der Waals surface area contributed by atoms with E-state index >= 15 is 0 Å². The third kappa shape index (κ3) is 7.05. The third-order valence-electron chi connectivity index (χ3n) is 1.34. The smallest absolute Gasteiger partial charge is 0.330 e. The quantitative estimate of drug-likeness (QED) is 0.677. The van der Waals surface area contributed by atoms with Crippen molar-refractivity contribution in [3.05, 3.63) is 12.2 Å². The van der Waals surface area contributed by atoms with Crippen LogP contribution in [0, 0.1) is 0 Å². The second-order valence-corrected chi connectivity index (χ2v) is 2.54. The van der Waals surface area contributed by atoms with Crippen molar-refractivity contribution in [2.45, 2.75) is 19.8 Å². The number of carboxylic acids is 1. The van der Waals surface area contributed by atoms with E-state index in [1.165, 1.54) is 6.40 Å². The molecule has 1 N–H and O–H groups in total. The van der Waals surface area contributed by atoms with Crippen LogP contribution in [0.15, 0.2) is 17.1 Å². The SMILES string of the molecule is C1=NCCO1.C=C(CCC)C(=O)O. The molecule has 74 valence electrons. The number of carbonyl (C=O) groups is 1. The van der Waals surface area contributed by atoms with Crippen LogP contribution < -0.4 is 0 Å². The molecule has 0 aromatic carbocycles. The number of hydrogen-bond acceptors (Lipinski definition) is 3. The van der Waals surface area contributed by atoms with Gasteiger partial charge in [0.25, 0.3) is 0 Å². The highest BCUT2D eigenvalue weighted by molar-refractivity contribution is 5.85. The summed E-state index contributed by atoms with van der Waals surface area (Å²) in [6.07, 6.45) is 2.93. The Kier molecular flexibility index (Phi) is 6.59. The molecule has 0 amide bonds. The zero-order valence-electron chi connectivity index (χ0n) is 7.82. The second kappa shape index (κ2) is 7.34. The number of nitrogens with zero attached hydrogens (tertiary/aromatic N) is 1. The molecule has 4 heteroatoms. The van der Waals surface area contributed by atoms with Crippen molar-refractivity contribution in [2.75, 3.05) is 13.2 Å². The number of aliphatic carboxylic acids is 1. The van der Waals surface area contributed by atoms with Crippen molar-refractivity contribution >= 4 is 12.4 Å². The minimum atomic E-state index is -0.883. The van der Waals surface area contributed by atoms with Crippen molar-refractivity contribution < 1.29 is 14.6 Å². The van der Waals surface area contributed by atoms with Gasteiger partial charge in [-0.15, -0.1) is 0 Å². The van der Waals surface area contributed by atoms with E-state index in [0.717, 1.165) is 19.6 Å². The van der Waals surface area contributed by atoms with Gasteiger partial charge in [0, 0.05) is 5.57 Å². The van der Waals surface area contributed by atoms with Crippen LogP contribution in [-0.2, 0) is 9.53 Å². The highest BCUT2D eigenvalue weighted by atomic mass is 16.5. The van der Waals surface area contributed by atoms with Gasteiger partial charge in [0.05, 0.1) is 6.54 Å². The van der Waals surface area contributed by atoms with Gasteiger partial charge in [0.15, 0.2) is 6.40 Å². The Hall–Kier alpha value is -1.32. The monoisotopic (exact) mass is 185 g/mol. The fourth-order valence-corrected chi connectivity index (χ4v) is 0.672. The molecule has 0 radical (unpaired) electrons. The normalized spacial score (nSPS) is 12.7. The Morgan fingerprint density at radius 2 is 2.46 bits per heavy atom. The lowest BCUT2D eigenvalue weighted by Gasteiger charge is -1.92. The molecular weight excluding hydrogens is 170 g/mol. The van der Waals surface area contributed by atoms with Gasteiger partial charge in [-0.25, -0.2) is 4.79 Å². The first kappa shape index (κ1) is 11.7. The number of hydrogen-bond donors (Lipinski definition) is 1. The summed E-state index contributed by atoms with van der Waals surface area (Å²) in [5.74, 6) is -0.883. The van der Waals surface area contributed by atoms with Crippen LogP contribution in [0.4, 0.5) is 0 Å². The molecule has 1 heterocycles. The van der Waals surface area contributed by atoms with Crippen LogP contribution in [0.2, 0.25) is 0 Å².